The molecule has 1 heterocycles. The van der Waals surface area contributed by atoms with Crippen molar-refractivity contribution in [3.8, 4) is 5.75 Å². The van der Waals surface area contributed by atoms with Crippen LogP contribution in [0, 0.1) is 17.3 Å². The third kappa shape index (κ3) is 7.01. The Kier molecular flexibility index (Phi) is 10.9. The van der Waals surface area contributed by atoms with Crippen LogP contribution in [0.4, 0.5) is 5.69 Å². The zero-order valence-electron chi connectivity index (χ0n) is 24.3. The van der Waals surface area contributed by atoms with E-state index in [2.05, 4.69) is 24.9 Å². The number of nitrogens with zero attached hydrogens (tertiary/aromatic N) is 1. The van der Waals surface area contributed by atoms with Crippen molar-refractivity contribution >= 4 is 79.2 Å². The van der Waals surface area contributed by atoms with Gasteiger partial charge >= 0.3 is 35.5 Å². The number of phenols is 1. The van der Waals surface area contributed by atoms with Gasteiger partial charge in [-0.05, 0) is 98.1 Å². The number of carbonyl (C=O) groups is 1. The molecule has 2 saturated carbocycles. The van der Waals surface area contributed by atoms with Crippen molar-refractivity contribution in [1.29, 1.82) is 0 Å². The summed E-state index contributed by atoms with van der Waals surface area (Å²) in [5.74, 6) is 2.37. The van der Waals surface area contributed by atoms with Crippen molar-refractivity contribution < 1.29 is 31.5 Å². The zero-order valence-corrected chi connectivity index (χ0v) is 26.6. The number of sulfonamides is 2. The predicted molar refractivity (Wildman–Crippen MR) is 171 cm³/mol. The first kappa shape index (κ1) is 35.2. The Morgan fingerprint density at radius 3 is 2.66 bits per heavy atom. The molecular formula is C30H39ClN3NaO7S2. The van der Waals surface area contributed by atoms with E-state index in [4.69, 9.17) is 21.5 Å². The summed E-state index contributed by atoms with van der Waals surface area (Å²) in [5, 5.41) is 14.5. The van der Waals surface area contributed by atoms with Crippen LogP contribution in [0.25, 0.3) is 0 Å². The number of ether oxygens (including phenoxy) is 1. The van der Waals surface area contributed by atoms with Gasteiger partial charge < -0.3 is 9.84 Å². The van der Waals surface area contributed by atoms with Gasteiger partial charge in [0, 0.05) is 11.8 Å². The normalized spacial score (nSPS) is 27.5. The molecule has 0 radical (unpaired) electrons. The number of phenolic OH excluding ortho intramolecular Hbond substituents is 1. The number of aryl methyl sites for hydroxylation is 1. The maximum absolute atomic E-state index is 12.2. The molecule has 2 aromatic carbocycles. The minimum atomic E-state index is -4.09. The number of benzene rings is 2. The fraction of sp³-hybridized carbons (Fsp3) is 0.533. The fourth-order valence-electron chi connectivity index (χ4n) is 7.54. The van der Waals surface area contributed by atoms with E-state index in [9.17, 15) is 26.7 Å². The van der Waals surface area contributed by atoms with Gasteiger partial charge in [-0.15, -0.1) is 0 Å². The second-order valence-electron chi connectivity index (χ2n) is 12.2. The van der Waals surface area contributed by atoms with Crippen LogP contribution in [0.5, 0.6) is 5.75 Å². The number of hydrogen-bond donors (Lipinski definition) is 3. The summed E-state index contributed by atoms with van der Waals surface area (Å²) >= 11 is 5.69. The van der Waals surface area contributed by atoms with E-state index in [1.165, 1.54) is 30.4 Å². The van der Waals surface area contributed by atoms with Crippen molar-refractivity contribution in [3.05, 3.63) is 46.5 Å². The van der Waals surface area contributed by atoms with Gasteiger partial charge in [0.25, 0.3) is 10.0 Å². The Balaban J connectivity index is 0.000000214. The molecule has 5 atom stereocenters. The molecule has 0 unspecified atom stereocenters. The molecule has 10 nitrogen and oxygen atoms in total. The number of hydrogen-bond acceptors (Lipinski definition) is 8. The van der Waals surface area contributed by atoms with Crippen molar-refractivity contribution in [3.63, 3.8) is 0 Å². The topological polar surface area (TPSA) is 165 Å². The minimum absolute atomic E-state index is 0. The first-order valence-electron chi connectivity index (χ1n) is 14.7. The SMILES string of the molecule is CCCCC(=O)O[C@H]1CC[C@H]2[C@@H]3CCc4cc(O)ccc4[C@H]3CC[C@]12C.NS(=O)(=O)c1cc2c(cc1Cl)N=CNS2(=O)=O.[NaH]. The first-order chi connectivity index (χ1) is 20.2. The van der Waals surface area contributed by atoms with Gasteiger partial charge in [0.15, 0.2) is 0 Å². The number of halogens is 1. The number of aromatic hydroxyl groups is 1. The Labute approximate surface area is 286 Å². The number of unbranched alkanes of at least 4 members (excludes halogenated alkanes) is 1. The number of aliphatic imine (C=N–C) groups is 1. The van der Waals surface area contributed by atoms with Crippen molar-refractivity contribution in [1.82, 2.24) is 4.72 Å². The summed E-state index contributed by atoms with van der Waals surface area (Å²) in [5.41, 5.74) is 3.01. The Bertz CT molecular complexity index is 1670. The summed E-state index contributed by atoms with van der Waals surface area (Å²) < 4.78 is 53.5. The molecular weight excluding hydrogens is 637 g/mol. The van der Waals surface area contributed by atoms with Crippen LogP contribution in [0.2, 0.25) is 5.02 Å². The van der Waals surface area contributed by atoms with E-state index in [0.29, 0.717) is 29.9 Å². The molecule has 1 aliphatic heterocycles. The summed E-state index contributed by atoms with van der Waals surface area (Å²) in [7, 11) is -7.91. The van der Waals surface area contributed by atoms with Gasteiger partial charge in [-0.1, -0.05) is 37.9 Å². The van der Waals surface area contributed by atoms with Gasteiger partial charge in [-0.3, -0.25) is 9.52 Å². The van der Waals surface area contributed by atoms with E-state index in [0.717, 1.165) is 50.6 Å². The van der Waals surface area contributed by atoms with E-state index in [1.807, 2.05) is 16.9 Å². The average molecular weight is 676 g/mol. The molecule has 0 bridgehead atoms. The van der Waals surface area contributed by atoms with Gasteiger partial charge in [-0.2, -0.15) is 0 Å². The van der Waals surface area contributed by atoms with Crippen LogP contribution >= 0.6 is 11.6 Å². The molecule has 0 saturated heterocycles. The number of nitrogens with one attached hydrogen (secondary N) is 1. The summed E-state index contributed by atoms with van der Waals surface area (Å²) in [6.07, 6.45) is 10.4. The van der Waals surface area contributed by atoms with E-state index in [-0.39, 0.29) is 62.7 Å². The monoisotopic (exact) mass is 675 g/mol. The summed E-state index contributed by atoms with van der Waals surface area (Å²) in [4.78, 5) is 15.2. The third-order valence-electron chi connectivity index (χ3n) is 9.65. The average Bonchev–Trinajstić information content (AvgIpc) is 3.26. The summed E-state index contributed by atoms with van der Waals surface area (Å²) in [6.45, 7) is 4.49. The van der Waals surface area contributed by atoms with Gasteiger partial charge in [0.05, 0.1) is 10.7 Å². The quantitative estimate of drug-likeness (QED) is 0.307. The number of nitrogens with two attached hydrogens (primary N) is 1. The van der Waals surface area contributed by atoms with Gasteiger partial charge in [0.1, 0.15) is 28.0 Å². The molecule has 2 fully saturated rings. The number of esters is 1. The molecule has 4 aliphatic rings. The molecule has 3 aliphatic carbocycles. The van der Waals surface area contributed by atoms with Crippen molar-refractivity contribution in [2.75, 3.05) is 0 Å². The fourth-order valence-corrected chi connectivity index (χ4v) is 9.69. The van der Waals surface area contributed by atoms with Crippen LogP contribution in [0.3, 0.4) is 0 Å². The van der Waals surface area contributed by atoms with Gasteiger partial charge in [-0.25, -0.2) is 27.0 Å². The zero-order chi connectivity index (χ0) is 31.2. The Morgan fingerprint density at radius 2 is 1.95 bits per heavy atom. The number of rotatable bonds is 5. The van der Waals surface area contributed by atoms with Crippen LogP contribution < -0.4 is 9.86 Å². The van der Waals surface area contributed by atoms with E-state index >= 15 is 0 Å². The van der Waals surface area contributed by atoms with Crippen LogP contribution in [-0.4, -0.2) is 69.9 Å². The second-order valence-corrected chi connectivity index (χ2v) is 15.8. The number of carbonyl (C=O) groups excluding carboxylic acids is 1. The van der Waals surface area contributed by atoms with Crippen molar-refractivity contribution in [2.45, 2.75) is 93.4 Å². The molecule has 236 valence electrons. The Morgan fingerprint density at radius 1 is 1.20 bits per heavy atom. The second kappa shape index (κ2) is 13.6. The van der Waals surface area contributed by atoms with Crippen LogP contribution in [0.1, 0.15) is 82.3 Å². The van der Waals surface area contributed by atoms with Crippen molar-refractivity contribution in [2.24, 2.45) is 27.4 Å². The molecule has 0 spiro atoms. The Hall–Kier alpha value is -1.67. The van der Waals surface area contributed by atoms with Crippen LogP contribution in [-0.2, 0) is 36.0 Å². The first-order valence-corrected chi connectivity index (χ1v) is 18.1. The molecule has 0 amide bonds. The number of primary sulfonamides is 1. The number of fused-ring (bicyclic) bond motifs is 6. The van der Waals surface area contributed by atoms with Crippen LogP contribution in [0.15, 0.2) is 45.1 Å². The van der Waals surface area contributed by atoms with Gasteiger partial charge in [0.2, 0.25) is 10.0 Å². The van der Waals surface area contributed by atoms with E-state index in [1.54, 1.807) is 0 Å². The molecule has 2 aromatic rings. The standard InChI is InChI=1S/C23H32O3.C7H6ClN3O4S2.Na.H/c1-3-4-5-22(25)26-21-11-10-20-19-8-6-15-14-16(24)7-9-17(15)18(19)12-13-23(20,21)2;8-4-1-5-7(2-6(4)16(9,12)13)17(14,15)11-3-10-5;;/h7,9,14,18-21,24H,3-6,8,10-13H2,1-2H3;1-3H,(H,10,11)(H2,9,12,13);;/t18-,19-,20+,21+,23+;;;/m1.../s1. The summed E-state index contributed by atoms with van der Waals surface area (Å²) in [6, 6.07) is 7.98. The third-order valence-corrected chi connectivity index (χ3v) is 12.3. The molecule has 4 N–H and O–H groups in total. The van der Waals surface area contributed by atoms with E-state index < -0.39 is 24.9 Å². The predicted octanol–water partition coefficient (Wildman–Crippen LogP) is 4.64. The molecule has 14 heteroatoms. The maximum atomic E-state index is 12.2. The molecule has 44 heavy (non-hydrogen) atoms. The molecule has 0 aromatic heterocycles. The molecule has 6 rings (SSSR count).